The lowest BCUT2D eigenvalue weighted by atomic mass is 10.0. The Bertz CT molecular complexity index is 655. The molecule has 2 atom stereocenters. The molecule has 0 saturated heterocycles. The largest absolute Gasteiger partial charge is 0.394 e. The second-order valence-electron chi connectivity index (χ2n) is 16.5. The summed E-state index contributed by atoms with van der Waals surface area (Å²) >= 11 is 0. The zero-order valence-electron chi connectivity index (χ0n) is 35.2. The van der Waals surface area contributed by atoms with E-state index in [1.54, 1.807) is 0 Å². The highest BCUT2D eigenvalue weighted by Gasteiger charge is 2.20. The highest BCUT2D eigenvalue weighted by molar-refractivity contribution is 5.76. The number of aliphatic hydroxyl groups excluding tert-OH is 2. The predicted molar refractivity (Wildman–Crippen MR) is 226 cm³/mol. The quantitative estimate of drug-likeness (QED) is 0.0549. The van der Waals surface area contributed by atoms with Crippen molar-refractivity contribution >= 4 is 5.91 Å². The number of unbranched alkanes of at least 4 members (excludes halogenated alkanes) is 37. The Labute approximate surface area is 321 Å². The second kappa shape index (κ2) is 43.8. The number of hydrogen-bond acceptors (Lipinski definition) is 3. The van der Waals surface area contributed by atoms with Gasteiger partial charge < -0.3 is 15.5 Å². The van der Waals surface area contributed by atoms with Crippen LogP contribution >= 0.6 is 0 Å². The summed E-state index contributed by atoms with van der Waals surface area (Å²) in [6.45, 7) is 4.39. The van der Waals surface area contributed by atoms with Crippen LogP contribution in [-0.4, -0.2) is 34.9 Å². The van der Waals surface area contributed by atoms with Gasteiger partial charge in [-0.25, -0.2) is 0 Å². The molecule has 0 aliphatic heterocycles. The summed E-state index contributed by atoms with van der Waals surface area (Å²) in [5.41, 5.74) is 0. The third-order valence-electron chi connectivity index (χ3n) is 11.4. The molecule has 0 bridgehead atoms. The van der Waals surface area contributed by atoms with E-state index in [0.29, 0.717) is 12.8 Å². The van der Waals surface area contributed by atoms with E-state index < -0.39 is 12.1 Å². The Hall–Kier alpha value is -0.610. The number of nitrogens with one attached hydrogen (secondary N) is 1. The van der Waals surface area contributed by atoms with Crippen LogP contribution in [0, 0.1) is 0 Å². The molecule has 0 rings (SSSR count). The van der Waals surface area contributed by atoms with Crippen LogP contribution in [0.15, 0.2) is 0 Å². The van der Waals surface area contributed by atoms with Gasteiger partial charge in [-0.05, 0) is 12.8 Å². The average Bonchev–Trinajstić information content (AvgIpc) is 3.13. The van der Waals surface area contributed by atoms with Crippen molar-refractivity contribution in [2.75, 3.05) is 6.61 Å². The molecule has 0 aromatic rings. The molecular formula is C47H95NO3. The lowest BCUT2D eigenvalue weighted by Crippen LogP contribution is -2.45. The lowest BCUT2D eigenvalue weighted by Gasteiger charge is -2.22. The second-order valence-corrected chi connectivity index (χ2v) is 16.5. The fraction of sp³-hybridized carbons (Fsp3) is 0.979. The van der Waals surface area contributed by atoms with Gasteiger partial charge in [0.25, 0.3) is 0 Å². The zero-order chi connectivity index (χ0) is 37.1. The molecule has 0 heterocycles. The van der Waals surface area contributed by atoms with Gasteiger partial charge in [0.05, 0.1) is 18.8 Å². The van der Waals surface area contributed by atoms with Crippen molar-refractivity contribution in [2.24, 2.45) is 0 Å². The molecule has 0 fully saturated rings. The summed E-state index contributed by atoms with van der Waals surface area (Å²) in [7, 11) is 0. The number of amides is 1. The smallest absolute Gasteiger partial charge is 0.220 e. The van der Waals surface area contributed by atoms with E-state index in [0.717, 1.165) is 25.7 Å². The van der Waals surface area contributed by atoms with Gasteiger partial charge >= 0.3 is 0 Å². The first-order chi connectivity index (χ1) is 25.2. The van der Waals surface area contributed by atoms with E-state index in [2.05, 4.69) is 19.2 Å². The highest BCUT2D eigenvalue weighted by atomic mass is 16.3. The van der Waals surface area contributed by atoms with Gasteiger partial charge in [-0.15, -0.1) is 0 Å². The SMILES string of the molecule is CCCCCCCCCCCCCCCCCCCCCCCCC(O)C(CO)NC(=O)CCCCCCCCCCCCCCCCCCC. The van der Waals surface area contributed by atoms with Gasteiger partial charge in [0.15, 0.2) is 0 Å². The normalized spacial score (nSPS) is 12.8. The van der Waals surface area contributed by atoms with Gasteiger partial charge in [0, 0.05) is 6.42 Å². The minimum absolute atomic E-state index is 0.0249. The molecule has 0 aromatic carbocycles. The topological polar surface area (TPSA) is 69.6 Å². The van der Waals surface area contributed by atoms with E-state index in [-0.39, 0.29) is 12.5 Å². The fourth-order valence-electron chi connectivity index (χ4n) is 7.72. The van der Waals surface area contributed by atoms with E-state index in [4.69, 9.17) is 0 Å². The molecule has 1 amide bonds. The first kappa shape index (κ1) is 50.4. The van der Waals surface area contributed by atoms with Gasteiger partial charge in [-0.1, -0.05) is 258 Å². The number of aliphatic hydroxyl groups is 2. The van der Waals surface area contributed by atoms with E-state index in [9.17, 15) is 15.0 Å². The van der Waals surface area contributed by atoms with Gasteiger partial charge in [-0.2, -0.15) is 0 Å². The van der Waals surface area contributed by atoms with Crippen molar-refractivity contribution in [3.05, 3.63) is 0 Å². The van der Waals surface area contributed by atoms with Gasteiger partial charge in [0.1, 0.15) is 0 Å². The van der Waals surface area contributed by atoms with Crippen LogP contribution in [0.5, 0.6) is 0 Å². The highest BCUT2D eigenvalue weighted by Crippen LogP contribution is 2.17. The summed E-state index contributed by atoms with van der Waals surface area (Å²) in [6, 6.07) is -0.529. The van der Waals surface area contributed by atoms with Crippen molar-refractivity contribution < 1.29 is 15.0 Å². The molecule has 0 aromatic heterocycles. The van der Waals surface area contributed by atoms with Crippen LogP contribution in [-0.2, 0) is 4.79 Å². The number of hydrogen-bond donors (Lipinski definition) is 3. The molecule has 0 spiro atoms. The van der Waals surface area contributed by atoms with Crippen molar-refractivity contribution in [3.63, 3.8) is 0 Å². The molecule has 4 heteroatoms. The third-order valence-corrected chi connectivity index (χ3v) is 11.4. The molecule has 51 heavy (non-hydrogen) atoms. The Morgan fingerprint density at radius 1 is 0.392 bits per heavy atom. The van der Waals surface area contributed by atoms with Crippen LogP contribution in [0.3, 0.4) is 0 Å². The van der Waals surface area contributed by atoms with Crippen LogP contribution in [0.2, 0.25) is 0 Å². The lowest BCUT2D eigenvalue weighted by molar-refractivity contribution is -0.123. The maximum Gasteiger partial charge on any atom is 0.220 e. The summed E-state index contributed by atoms with van der Waals surface area (Å²) < 4.78 is 0. The van der Waals surface area contributed by atoms with Gasteiger partial charge in [-0.3, -0.25) is 4.79 Å². The van der Waals surface area contributed by atoms with E-state index >= 15 is 0 Å². The molecule has 0 aliphatic carbocycles. The minimum atomic E-state index is -0.653. The van der Waals surface area contributed by atoms with Gasteiger partial charge in [0.2, 0.25) is 5.91 Å². The number of carbonyl (C=O) groups excluding carboxylic acids is 1. The van der Waals surface area contributed by atoms with Crippen LogP contribution < -0.4 is 5.32 Å². The zero-order valence-corrected chi connectivity index (χ0v) is 35.2. The molecule has 3 N–H and O–H groups in total. The predicted octanol–water partition coefficient (Wildman–Crippen LogP) is 14.9. The molecule has 2 unspecified atom stereocenters. The van der Waals surface area contributed by atoms with Crippen LogP contribution in [0.25, 0.3) is 0 Å². The summed E-state index contributed by atoms with van der Waals surface area (Å²) in [5, 5.41) is 23.2. The fourth-order valence-corrected chi connectivity index (χ4v) is 7.72. The number of rotatable bonds is 44. The summed E-state index contributed by atoms with van der Waals surface area (Å²) in [5.74, 6) is -0.0249. The standard InChI is InChI=1S/C47H95NO3/c1-3-5-7-9-11-13-15-17-19-21-22-23-24-25-27-28-30-32-34-36-38-40-42-46(50)45(44-49)48-47(51)43-41-39-37-35-33-31-29-26-20-18-16-14-12-10-8-6-4-2/h45-46,49-50H,3-44H2,1-2H3,(H,48,51). The molecule has 0 radical (unpaired) electrons. The molecule has 306 valence electrons. The Balaban J connectivity index is 3.44. The third kappa shape index (κ3) is 40.4. The summed E-state index contributed by atoms with van der Waals surface area (Å²) in [4.78, 5) is 12.4. The van der Waals surface area contributed by atoms with Crippen molar-refractivity contribution in [1.82, 2.24) is 5.32 Å². The van der Waals surface area contributed by atoms with Crippen LogP contribution in [0.4, 0.5) is 0 Å². The first-order valence-corrected chi connectivity index (χ1v) is 23.7. The summed E-state index contributed by atoms with van der Waals surface area (Å²) in [6.07, 6.45) is 53.3. The Morgan fingerprint density at radius 2 is 0.627 bits per heavy atom. The molecular weight excluding hydrogens is 627 g/mol. The maximum atomic E-state index is 12.4. The van der Waals surface area contributed by atoms with Crippen molar-refractivity contribution in [3.8, 4) is 0 Å². The van der Waals surface area contributed by atoms with E-state index in [1.165, 1.54) is 225 Å². The Kier molecular flexibility index (Phi) is 43.3. The maximum absolute atomic E-state index is 12.4. The monoisotopic (exact) mass is 722 g/mol. The molecule has 4 nitrogen and oxygen atoms in total. The minimum Gasteiger partial charge on any atom is -0.394 e. The van der Waals surface area contributed by atoms with Crippen molar-refractivity contribution in [2.45, 2.75) is 289 Å². The molecule has 0 aliphatic rings. The molecule has 0 saturated carbocycles. The van der Waals surface area contributed by atoms with Crippen molar-refractivity contribution in [1.29, 1.82) is 0 Å². The first-order valence-electron chi connectivity index (χ1n) is 23.7. The number of carbonyl (C=O) groups is 1. The van der Waals surface area contributed by atoms with E-state index in [1.807, 2.05) is 0 Å². The Morgan fingerprint density at radius 3 is 0.882 bits per heavy atom. The van der Waals surface area contributed by atoms with Crippen LogP contribution in [0.1, 0.15) is 277 Å². The average molecular weight is 722 g/mol.